The topological polar surface area (TPSA) is 63.1 Å². The molecular formula is C11H15ClN4O. The van der Waals surface area contributed by atoms with Crippen molar-refractivity contribution in [1.82, 2.24) is 19.6 Å². The van der Waals surface area contributed by atoms with Crippen LogP contribution in [-0.2, 0) is 12.8 Å². The van der Waals surface area contributed by atoms with Gasteiger partial charge >= 0.3 is 0 Å². The van der Waals surface area contributed by atoms with Crippen LogP contribution in [0.3, 0.4) is 0 Å². The molecule has 0 bridgehead atoms. The van der Waals surface area contributed by atoms with E-state index in [1.807, 2.05) is 6.92 Å². The lowest BCUT2D eigenvalue weighted by atomic mass is 10.2. The fourth-order valence-electron chi connectivity index (χ4n) is 1.73. The molecule has 0 atom stereocenters. The average molecular weight is 255 g/mol. The highest BCUT2D eigenvalue weighted by molar-refractivity contribution is 6.31. The van der Waals surface area contributed by atoms with E-state index in [-0.39, 0.29) is 10.6 Å². The normalized spacial score (nSPS) is 11.2. The average Bonchev–Trinajstić information content (AvgIpc) is 2.69. The molecule has 0 spiro atoms. The maximum absolute atomic E-state index is 12.0. The fraction of sp³-hybridized carbons (Fsp3) is 0.545. The number of hydrogen-bond acceptors (Lipinski definition) is 3. The Balaban J connectivity index is 2.60. The highest BCUT2D eigenvalue weighted by Crippen LogP contribution is 2.11. The Hall–Kier alpha value is -1.36. The van der Waals surface area contributed by atoms with Gasteiger partial charge in [0.05, 0.1) is 5.69 Å². The molecule has 17 heavy (non-hydrogen) atoms. The lowest BCUT2D eigenvalue weighted by Crippen LogP contribution is -2.18. The van der Waals surface area contributed by atoms with E-state index >= 15 is 0 Å². The van der Waals surface area contributed by atoms with Gasteiger partial charge in [0, 0.05) is 6.42 Å². The van der Waals surface area contributed by atoms with Crippen molar-refractivity contribution in [2.45, 2.75) is 39.5 Å². The van der Waals surface area contributed by atoms with E-state index in [4.69, 9.17) is 11.6 Å². The maximum Gasteiger partial charge on any atom is 0.293 e. The molecule has 2 aromatic heterocycles. The highest BCUT2D eigenvalue weighted by atomic mass is 35.5. The van der Waals surface area contributed by atoms with Gasteiger partial charge in [0.1, 0.15) is 10.8 Å². The number of aryl methyl sites for hydroxylation is 2. The minimum Gasteiger partial charge on any atom is -0.275 e. The number of aromatic amines is 1. The second kappa shape index (κ2) is 4.87. The molecule has 0 radical (unpaired) electrons. The van der Waals surface area contributed by atoms with Gasteiger partial charge in [-0.25, -0.2) is 4.98 Å². The molecule has 2 aromatic rings. The first-order chi connectivity index (χ1) is 8.17. The summed E-state index contributed by atoms with van der Waals surface area (Å²) < 4.78 is 1.31. The minimum absolute atomic E-state index is 0.191. The number of aromatic nitrogens is 4. The molecule has 2 heterocycles. The number of hydrogen-bond donors (Lipinski definition) is 1. The Labute approximate surface area is 104 Å². The van der Waals surface area contributed by atoms with Crippen LogP contribution in [0.25, 0.3) is 5.78 Å². The standard InChI is InChI=1S/C11H15ClN4O/c1-3-5-7-9(12)10(17)16-11(13-7)14-8(15-16)6-4-2/h3-6H2,1-2H3,(H,13,14,15). The van der Waals surface area contributed by atoms with Gasteiger partial charge in [0.25, 0.3) is 11.3 Å². The second-order valence-corrected chi connectivity index (χ2v) is 4.36. The lowest BCUT2D eigenvalue weighted by molar-refractivity contribution is 0.798. The molecule has 0 saturated heterocycles. The van der Waals surface area contributed by atoms with Gasteiger partial charge < -0.3 is 0 Å². The minimum atomic E-state index is -0.269. The third-order valence-corrected chi connectivity index (χ3v) is 2.91. The van der Waals surface area contributed by atoms with Gasteiger partial charge in [0.2, 0.25) is 0 Å². The summed E-state index contributed by atoms with van der Waals surface area (Å²) in [6, 6.07) is 0. The van der Waals surface area contributed by atoms with Gasteiger partial charge in [0.15, 0.2) is 0 Å². The number of fused-ring (bicyclic) bond motifs is 1. The largest absolute Gasteiger partial charge is 0.293 e. The molecule has 0 aliphatic carbocycles. The molecule has 0 amide bonds. The van der Waals surface area contributed by atoms with Crippen molar-refractivity contribution in [2.75, 3.05) is 0 Å². The summed E-state index contributed by atoms with van der Waals surface area (Å²) in [6.45, 7) is 4.08. The molecule has 0 fully saturated rings. The van der Waals surface area contributed by atoms with E-state index in [1.54, 1.807) is 0 Å². The fourth-order valence-corrected chi connectivity index (χ4v) is 1.96. The predicted molar refractivity (Wildman–Crippen MR) is 66.6 cm³/mol. The third-order valence-electron chi connectivity index (χ3n) is 2.53. The smallest absolute Gasteiger partial charge is 0.275 e. The van der Waals surface area contributed by atoms with E-state index in [9.17, 15) is 4.79 Å². The summed E-state index contributed by atoms with van der Waals surface area (Å²) in [7, 11) is 0. The van der Waals surface area contributed by atoms with Crippen molar-refractivity contribution in [3.8, 4) is 0 Å². The van der Waals surface area contributed by atoms with Gasteiger partial charge in [-0.1, -0.05) is 31.9 Å². The van der Waals surface area contributed by atoms with Crippen molar-refractivity contribution in [3.05, 3.63) is 26.9 Å². The summed E-state index contributed by atoms with van der Waals surface area (Å²) >= 11 is 5.99. The van der Waals surface area contributed by atoms with Crippen molar-refractivity contribution >= 4 is 17.4 Å². The van der Waals surface area contributed by atoms with Crippen LogP contribution in [0.2, 0.25) is 5.02 Å². The summed E-state index contributed by atoms with van der Waals surface area (Å²) in [5.41, 5.74) is 0.365. The molecule has 0 aliphatic heterocycles. The van der Waals surface area contributed by atoms with E-state index in [1.165, 1.54) is 4.52 Å². The number of H-pyrrole nitrogens is 1. The summed E-state index contributed by atoms with van der Waals surface area (Å²) in [5, 5.41) is 3.11. The van der Waals surface area contributed by atoms with E-state index < -0.39 is 0 Å². The maximum atomic E-state index is 12.0. The second-order valence-electron chi connectivity index (χ2n) is 3.98. The van der Waals surface area contributed by atoms with Crippen molar-refractivity contribution in [1.29, 1.82) is 0 Å². The van der Waals surface area contributed by atoms with Crippen molar-refractivity contribution in [2.24, 2.45) is 0 Å². The molecule has 92 valence electrons. The molecule has 6 heteroatoms. The summed E-state index contributed by atoms with van der Waals surface area (Å²) in [5.74, 6) is 1.17. The van der Waals surface area contributed by atoms with E-state index in [2.05, 4.69) is 22.0 Å². The van der Waals surface area contributed by atoms with Crippen LogP contribution >= 0.6 is 11.6 Å². The zero-order valence-corrected chi connectivity index (χ0v) is 10.7. The van der Waals surface area contributed by atoms with Crippen LogP contribution in [0.5, 0.6) is 0 Å². The Morgan fingerprint density at radius 3 is 2.59 bits per heavy atom. The van der Waals surface area contributed by atoms with Crippen molar-refractivity contribution in [3.63, 3.8) is 0 Å². The van der Waals surface area contributed by atoms with Crippen LogP contribution in [0, 0.1) is 0 Å². The predicted octanol–water partition coefficient (Wildman–Crippen LogP) is 1.98. The zero-order chi connectivity index (χ0) is 12.4. The van der Waals surface area contributed by atoms with Crippen LogP contribution < -0.4 is 5.56 Å². The van der Waals surface area contributed by atoms with Crippen LogP contribution in [0.4, 0.5) is 0 Å². The van der Waals surface area contributed by atoms with E-state index in [0.717, 1.165) is 25.1 Å². The molecule has 2 rings (SSSR count). The number of nitrogens with one attached hydrogen (secondary N) is 1. The summed E-state index contributed by atoms with van der Waals surface area (Å²) in [6.07, 6.45) is 3.35. The van der Waals surface area contributed by atoms with Gasteiger partial charge in [-0.15, -0.1) is 0 Å². The van der Waals surface area contributed by atoms with Gasteiger partial charge in [-0.2, -0.15) is 9.50 Å². The molecular weight excluding hydrogens is 240 g/mol. The Morgan fingerprint density at radius 1 is 1.24 bits per heavy atom. The van der Waals surface area contributed by atoms with Crippen LogP contribution in [-0.4, -0.2) is 19.6 Å². The molecule has 1 N–H and O–H groups in total. The summed E-state index contributed by atoms with van der Waals surface area (Å²) in [4.78, 5) is 20.6. The third kappa shape index (κ3) is 2.20. The highest BCUT2D eigenvalue weighted by Gasteiger charge is 2.13. The first kappa shape index (κ1) is 12.1. The zero-order valence-electron chi connectivity index (χ0n) is 9.96. The lowest BCUT2D eigenvalue weighted by Gasteiger charge is -2.00. The Bertz CT molecular complexity index is 587. The molecule has 0 aromatic carbocycles. The number of nitrogens with zero attached hydrogens (tertiary/aromatic N) is 3. The molecule has 0 aliphatic rings. The Kier molecular flexibility index (Phi) is 3.47. The monoisotopic (exact) mass is 254 g/mol. The van der Waals surface area contributed by atoms with Gasteiger partial charge in [-0.05, 0) is 12.8 Å². The SMILES string of the molecule is CCCc1nc2nc(CCC)c(Cl)c(=O)n2[nH]1. The van der Waals surface area contributed by atoms with Crippen LogP contribution in [0.1, 0.15) is 38.2 Å². The number of halogens is 1. The Morgan fingerprint density at radius 2 is 1.94 bits per heavy atom. The van der Waals surface area contributed by atoms with Crippen molar-refractivity contribution < 1.29 is 0 Å². The number of rotatable bonds is 4. The van der Waals surface area contributed by atoms with Gasteiger partial charge in [-0.3, -0.25) is 9.89 Å². The first-order valence-electron chi connectivity index (χ1n) is 5.83. The molecule has 0 saturated carbocycles. The molecule has 0 unspecified atom stereocenters. The van der Waals surface area contributed by atoms with E-state index in [0.29, 0.717) is 17.9 Å². The first-order valence-corrected chi connectivity index (χ1v) is 6.21. The molecule has 5 nitrogen and oxygen atoms in total. The van der Waals surface area contributed by atoms with Crippen LogP contribution in [0.15, 0.2) is 4.79 Å². The quantitative estimate of drug-likeness (QED) is 0.907.